The van der Waals surface area contributed by atoms with Crippen LogP contribution in [0.1, 0.15) is 12.0 Å². The molecule has 1 aliphatic heterocycles. The highest BCUT2D eigenvalue weighted by atomic mass is 35.5. The fraction of sp³-hybridized carbons (Fsp3) is 0.500. The minimum atomic E-state index is 0.810. The third-order valence-corrected chi connectivity index (χ3v) is 2.94. The predicted octanol–water partition coefficient (Wildman–Crippen LogP) is 2.15. The average Bonchev–Trinajstić information content (AvgIpc) is 2.50. The number of benzene rings is 1. The van der Waals surface area contributed by atoms with Crippen molar-refractivity contribution < 1.29 is 0 Å². The molecule has 1 aliphatic rings. The van der Waals surface area contributed by atoms with Gasteiger partial charge in [-0.05, 0) is 30.7 Å². The van der Waals surface area contributed by atoms with E-state index in [9.17, 15) is 0 Å². The van der Waals surface area contributed by atoms with Crippen molar-refractivity contribution in [1.29, 1.82) is 0 Å². The predicted molar refractivity (Wildman–Crippen MR) is 63.2 cm³/mol. The summed E-state index contributed by atoms with van der Waals surface area (Å²) in [5.74, 6) is 0. The minimum absolute atomic E-state index is 0.810. The minimum Gasteiger partial charge on any atom is -0.298 e. The van der Waals surface area contributed by atoms with Crippen molar-refractivity contribution in [2.75, 3.05) is 26.2 Å². The first-order valence-corrected chi connectivity index (χ1v) is 5.82. The number of halogens is 1. The molecule has 0 aliphatic carbocycles. The van der Waals surface area contributed by atoms with Crippen molar-refractivity contribution in [3.8, 4) is 0 Å². The maximum atomic E-state index is 5.85. The van der Waals surface area contributed by atoms with Crippen LogP contribution in [0.2, 0.25) is 5.02 Å². The van der Waals surface area contributed by atoms with Crippen molar-refractivity contribution >= 4 is 11.6 Å². The first-order valence-electron chi connectivity index (χ1n) is 5.45. The molecule has 81 valence electrons. The molecule has 0 bridgehead atoms. The van der Waals surface area contributed by atoms with E-state index in [2.05, 4.69) is 22.3 Å². The van der Waals surface area contributed by atoms with Crippen LogP contribution in [0.5, 0.6) is 0 Å². The van der Waals surface area contributed by atoms with Crippen LogP contribution < -0.4 is 5.32 Å². The molecule has 0 aromatic heterocycles. The molecule has 15 heavy (non-hydrogen) atoms. The lowest BCUT2D eigenvalue weighted by molar-refractivity contribution is 0.284. The van der Waals surface area contributed by atoms with Crippen molar-refractivity contribution in [2.24, 2.45) is 0 Å². The summed E-state index contributed by atoms with van der Waals surface area (Å²) >= 11 is 5.85. The molecule has 0 unspecified atom stereocenters. The van der Waals surface area contributed by atoms with Gasteiger partial charge in [0.2, 0.25) is 0 Å². The molecule has 0 amide bonds. The van der Waals surface area contributed by atoms with E-state index in [-0.39, 0.29) is 0 Å². The zero-order chi connectivity index (χ0) is 10.5. The SMILES string of the molecule is Clc1ccc(CN2CCC[N]CC2)cc1. The van der Waals surface area contributed by atoms with Gasteiger partial charge in [0.05, 0.1) is 0 Å². The molecule has 1 fully saturated rings. The summed E-state index contributed by atoms with van der Waals surface area (Å²) in [5, 5.41) is 5.22. The van der Waals surface area contributed by atoms with Crippen LogP contribution in [0.25, 0.3) is 0 Å². The van der Waals surface area contributed by atoms with Crippen molar-refractivity contribution in [1.82, 2.24) is 10.2 Å². The Morgan fingerprint density at radius 3 is 2.73 bits per heavy atom. The largest absolute Gasteiger partial charge is 0.298 e. The lowest BCUT2D eigenvalue weighted by Gasteiger charge is -2.19. The summed E-state index contributed by atoms with van der Waals surface area (Å²) in [6.07, 6.45) is 1.19. The Kier molecular flexibility index (Phi) is 4.01. The molecule has 2 nitrogen and oxygen atoms in total. The number of rotatable bonds is 2. The summed E-state index contributed by atoms with van der Waals surface area (Å²) in [5.41, 5.74) is 1.33. The number of nitrogens with zero attached hydrogens (tertiary/aromatic N) is 2. The Morgan fingerprint density at radius 1 is 1.13 bits per heavy atom. The zero-order valence-corrected chi connectivity index (χ0v) is 9.58. The Labute approximate surface area is 96.2 Å². The van der Waals surface area contributed by atoms with E-state index in [1.807, 2.05) is 12.1 Å². The van der Waals surface area contributed by atoms with E-state index >= 15 is 0 Å². The van der Waals surface area contributed by atoms with Gasteiger partial charge in [-0.1, -0.05) is 23.7 Å². The lowest BCUT2D eigenvalue weighted by atomic mass is 10.2. The van der Waals surface area contributed by atoms with Crippen molar-refractivity contribution in [3.63, 3.8) is 0 Å². The summed E-state index contributed by atoms with van der Waals surface area (Å²) in [7, 11) is 0. The van der Waals surface area contributed by atoms with E-state index in [0.29, 0.717) is 0 Å². The summed E-state index contributed by atoms with van der Waals surface area (Å²) < 4.78 is 0. The summed E-state index contributed by atoms with van der Waals surface area (Å²) in [4.78, 5) is 2.46. The van der Waals surface area contributed by atoms with Gasteiger partial charge in [0.1, 0.15) is 0 Å². The highest BCUT2D eigenvalue weighted by Crippen LogP contribution is 2.12. The normalized spacial score (nSPS) is 18.7. The van der Waals surface area contributed by atoms with E-state index in [1.165, 1.54) is 12.0 Å². The van der Waals surface area contributed by atoms with Crippen molar-refractivity contribution in [2.45, 2.75) is 13.0 Å². The third kappa shape index (κ3) is 3.49. The average molecular weight is 224 g/mol. The maximum absolute atomic E-state index is 5.85. The topological polar surface area (TPSA) is 17.3 Å². The maximum Gasteiger partial charge on any atom is 0.0406 e. The summed E-state index contributed by atoms with van der Waals surface area (Å²) in [6.45, 7) is 5.27. The fourth-order valence-corrected chi connectivity index (χ4v) is 1.97. The molecule has 1 saturated heterocycles. The second-order valence-corrected chi connectivity index (χ2v) is 4.36. The highest BCUT2D eigenvalue weighted by Gasteiger charge is 2.09. The molecule has 1 radical (unpaired) electrons. The van der Waals surface area contributed by atoms with Gasteiger partial charge in [0.15, 0.2) is 0 Å². The van der Waals surface area contributed by atoms with Gasteiger partial charge in [-0.15, -0.1) is 0 Å². The second-order valence-electron chi connectivity index (χ2n) is 3.93. The molecule has 1 aromatic rings. The molecule has 0 saturated carbocycles. The van der Waals surface area contributed by atoms with Crippen LogP contribution in [0, 0.1) is 0 Å². The molecule has 2 rings (SSSR count). The van der Waals surface area contributed by atoms with Gasteiger partial charge < -0.3 is 0 Å². The van der Waals surface area contributed by atoms with Gasteiger partial charge in [-0.3, -0.25) is 4.90 Å². The van der Waals surface area contributed by atoms with Crippen LogP contribution in [-0.4, -0.2) is 31.1 Å². The molecule has 3 heteroatoms. The Morgan fingerprint density at radius 2 is 1.93 bits per heavy atom. The molecule has 0 atom stereocenters. The first-order chi connectivity index (χ1) is 7.34. The van der Waals surface area contributed by atoms with Crippen LogP contribution in [0.3, 0.4) is 0 Å². The van der Waals surface area contributed by atoms with E-state index < -0.39 is 0 Å². The molecule has 1 heterocycles. The van der Waals surface area contributed by atoms with Gasteiger partial charge in [0.25, 0.3) is 0 Å². The smallest absolute Gasteiger partial charge is 0.0406 e. The standard InChI is InChI=1S/C12H16ClN2/c13-12-4-2-11(3-5-12)10-15-8-1-6-14-7-9-15/h2-5H,1,6-10H2. The number of hydrogen-bond donors (Lipinski definition) is 0. The van der Waals surface area contributed by atoms with Gasteiger partial charge in [0, 0.05) is 31.2 Å². The molecule has 1 aromatic carbocycles. The van der Waals surface area contributed by atoms with Crippen LogP contribution in [0.15, 0.2) is 24.3 Å². The molecule has 0 spiro atoms. The van der Waals surface area contributed by atoms with Crippen LogP contribution >= 0.6 is 11.6 Å². The first kappa shape index (κ1) is 10.9. The third-order valence-electron chi connectivity index (χ3n) is 2.68. The monoisotopic (exact) mass is 223 g/mol. The highest BCUT2D eigenvalue weighted by molar-refractivity contribution is 6.30. The van der Waals surface area contributed by atoms with Gasteiger partial charge in [-0.25, -0.2) is 5.32 Å². The fourth-order valence-electron chi connectivity index (χ4n) is 1.85. The van der Waals surface area contributed by atoms with Gasteiger partial charge in [-0.2, -0.15) is 0 Å². The number of hydrogen-bond acceptors (Lipinski definition) is 1. The van der Waals surface area contributed by atoms with E-state index in [4.69, 9.17) is 11.6 Å². The lowest BCUT2D eigenvalue weighted by Crippen LogP contribution is -2.26. The zero-order valence-electron chi connectivity index (χ0n) is 8.82. The van der Waals surface area contributed by atoms with Crippen LogP contribution in [0.4, 0.5) is 0 Å². The molecular formula is C12H16ClN2. The van der Waals surface area contributed by atoms with Crippen molar-refractivity contribution in [3.05, 3.63) is 34.9 Å². The Hall–Kier alpha value is -0.570. The quantitative estimate of drug-likeness (QED) is 0.751. The van der Waals surface area contributed by atoms with E-state index in [1.54, 1.807) is 0 Å². The second kappa shape index (κ2) is 5.50. The Bertz CT molecular complexity index is 289. The molecular weight excluding hydrogens is 208 g/mol. The van der Waals surface area contributed by atoms with Gasteiger partial charge >= 0.3 is 0 Å². The Balaban J connectivity index is 1.92. The summed E-state index contributed by atoms with van der Waals surface area (Å²) in [6, 6.07) is 8.12. The van der Waals surface area contributed by atoms with E-state index in [0.717, 1.165) is 37.7 Å². The van der Waals surface area contributed by atoms with Crippen LogP contribution in [-0.2, 0) is 6.54 Å². The molecule has 0 N–H and O–H groups in total.